The van der Waals surface area contributed by atoms with Gasteiger partial charge in [-0.3, -0.25) is 0 Å². The van der Waals surface area contributed by atoms with E-state index >= 15 is 0 Å². The molecule has 15 heavy (non-hydrogen) atoms. The molecule has 0 fully saturated rings. The first-order valence-electron chi connectivity index (χ1n) is 6.17. The summed E-state index contributed by atoms with van der Waals surface area (Å²) in [5, 5.41) is 0. The molecular weight excluding hydrogens is 204 g/mol. The maximum atomic E-state index is 6.34. The summed E-state index contributed by atoms with van der Waals surface area (Å²) in [6, 6.07) is 0. The molecule has 0 aliphatic carbocycles. The van der Waals surface area contributed by atoms with Crippen LogP contribution in [0.3, 0.4) is 0 Å². The van der Waals surface area contributed by atoms with E-state index in [4.69, 9.17) is 8.85 Å². The van der Waals surface area contributed by atoms with Crippen LogP contribution in [0.5, 0.6) is 0 Å². The molecule has 0 saturated heterocycles. The summed E-state index contributed by atoms with van der Waals surface area (Å²) in [5.41, 5.74) is 0.00485. The second-order valence-corrected chi connectivity index (χ2v) is 8.15. The van der Waals surface area contributed by atoms with E-state index in [-0.39, 0.29) is 5.60 Å². The molecule has 0 aromatic heterocycles. The van der Waals surface area contributed by atoms with Gasteiger partial charge in [0.2, 0.25) is 0 Å². The minimum atomic E-state index is -1.94. The molecule has 0 unspecified atom stereocenters. The fraction of sp³-hybridized carbons (Fsp3) is 1.00. The highest BCUT2D eigenvalue weighted by atomic mass is 28.4. The van der Waals surface area contributed by atoms with Gasteiger partial charge in [0.15, 0.2) is 0 Å². The molecule has 2 nitrogen and oxygen atoms in total. The zero-order valence-electron chi connectivity index (χ0n) is 11.5. The van der Waals surface area contributed by atoms with E-state index < -0.39 is 8.56 Å². The van der Waals surface area contributed by atoms with Crippen LogP contribution in [-0.2, 0) is 8.85 Å². The Balaban J connectivity index is 4.66. The number of hydrogen-bond acceptors (Lipinski definition) is 2. The summed E-state index contributed by atoms with van der Waals surface area (Å²) >= 11 is 0. The van der Waals surface area contributed by atoms with Crippen molar-refractivity contribution in [3.63, 3.8) is 0 Å². The minimum absolute atomic E-state index is 0.00485. The van der Waals surface area contributed by atoms with Gasteiger partial charge in [-0.1, -0.05) is 27.7 Å². The lowest BCUT2D eigenvalue weighted by Gasteiger charge is -2.41. The summed E-state index contributed by atoms with van der Waals surface area (Å²) in [5.74, 6) is 0.541. The van der Waals surface area contributed by atoms with Gasteiger partial charge >= 0.3 is 8.56 Å². The highest BCUT2D eigenvalue weighted by Gasteiger charge is 2.39. The monoisotopic (exact) mass is 232 g/mol. The lowest BCUT2D eigenvalue weighted by molar-refractivity contribution is -0.0195. The van der Waals surface area contributed by atoms with Gasteiger partial charge in [-0.25, -0.2) is 0 Å². The van der Waals surface area contributed by atoms with E-state index in [1.807, 2.05) is 6.92 Å². The van der Waals surface area contributed by atoms with E-state index in [1.165, 1.54) is 0 Å². The van der Waals surface area contributed by atoms with Crippen LogP contribution >= 0.6 is 0 Å². The third kappa shape index (κ3) is 4.25. The molecule has 0 bridgehead atoms. The molecule has 0 N–H and O–H groups in total. The zero-order valence-corrected chi connectivity index (χ0v) is 12.5. The van der Waals surface area contributed by atoms with Crippen LogP contribution in [0.25, 0.3) is 0 Å². The van der Waals surface area contributed by atoms with E-state index in [0.717, 1.165) is 19.4 Å². The fourth-order valence-corrected chi connectivity index (χ4v) is 4.45. The predicted octanol–water partition coefficient (Wildman–Crippen LogP) is 3.96. The number of rotatable bonds is 7. The third-order valence-electron chi connectivity index (χ3n) is 3.19. The van der Waals surface area contributed by atoms with E-state index in [0.29, 0.717) is 5.92 Å². The minimum Gasteiger partial charge on any atom is -0.395 e. The SMILES string of the molecule is CCO[Si](C)(C)OC(CC)(CC)C(C)C. The summed E-state index contributed by atoms with van der Waals surface area (Å²) in [7, 11) is -1.94. The van der Waals surface area contributed by atoms with Gasteiger partial charge in [-0.2, -0.15) is 0 Å². The molecule has 0 aliphatic rings. The Kier molecular flexibility index (Phi) is 6.07. The van der Waals surface area contributed by atoms with Crippen LogP contribution in [0.15, 0.2) is 0 Å². The summed E-state index contributed by atoms with van der Waals surface area (Å²) < 4.78 is 12.1. The van der Waals surface area contributed by atoms with Crippen molar-refractivity contribution >= 4 is 8.56 Å². The van der Waals surface area contributed by atoms with E-state index in [2.05, 4.69) is 40.8 Å². The average Bonchev–Trinajstić information content (AvgIpc) is 2.13. The highest BCUT2D eigenvalue weighted by molar-refractivity contribution is 6.64. The molecule has 0 radical (unpaired) electrons. The summed E-state index contributed by atoms with van der Waals surface area (Å²) in [6.45, 7) is 16.0. The Bertz CT molecular complexity index is 174. The van der Waals surface area contributed by atoms with Crippen molar-refractivity contribution in [2.45, 2.75) is 66.2 Å². The average molecular weight is 232 g/mol. The first-order valence-corrected chi connectivity index (χ1v) is 8.99. The molecule has 0 aliphatic heterocycles. The molecule has 0 heterocycles. The maximum Gasteiger partial charge on any atom is 0.332 e. The molecule has 92 valence electrons. The summed E-state index contributed by atoms with van der Waals surface area (Å²) in [6.07, 6.45) is 2.12. The molecule has 0 amide bonds. The van der Waals surface area contributed by atoms with Crippen LogP contribution in [0.1, 0.15) is 47.5 Å². The Hall–Kier alpha value is 0.137. The maximum absolute atomic E-state index is 6.34. The lowest BCUT2D eigenvalue weighted by atomic mass is 9.85. The Morgan fingerprint density at radius 1 is 1.07 bits per heavy atom. The van der Waals surface area contributed by atoms with Gasteiger partial charge in [0.25, 0.3) is 0 Å². The van der Waals surface area contributed by atoms with Gasteiger partial charge in [0.1, 0.15) is 0 Å². The van der Waals surface area contributed by atoms with E-state index in [1.54, 1.807) is 0 Å². The Morgan fingerprint density at radius 3 is 1.80 bits per heavy atom. The molecular formula is C12H28O2Si. The first kappa shape index (κ1) is 15.1. The van der Waals surface area contributed by atoms with Crippen molar-refractivity contribution in [2.24, 2.45) is 5.92 Å². The van der Waals surface area contributed by atoms with Crippen LogP contribution in [-0.4, -0.2) is 20.8 Å². The highest BCUT2D eigenvalue weighted by Crippen LogP contribution is 2.32. The molecule has 0 rings (SSSR count). The molecule has 3 heteroatoms. The molecule has 0 spiro atoms. The molecule has 0 aromatic carbocycles. The van der Waals surface area contributed by atoms with Crippen molar-refractivity contribution in [3.8, 4) is 0 Å². The predicted molar refractivity (Wildman–Crippen MR) is 68.3 cm³/mol. The number of hydrogen-bond donors (Lipinski definition) is 0. The van der Waals surface area contributed by atoms with Gasteiger partial charge in [0.05, 0.1) is 5.60 Å². The van der Waals surface area contributed by atoms with Gasteiger partial charge in [-0.15, -0.1) is 0 Å². The van der Waals surface area contributed by atoms with Crippen molar-refractivity contribution in [1.29, 1.82) is 0 Å². The summed E-state index contributed by atoms with van der Waals surface area (Å²) in [4.78, 5) is 0. The van der Waals surface area contributed by atoms with E-state index in [9.17, 15) is 0 Å². The second kappa shape index (κ2) is 6.02. The van der Waals surface area contributed by atoms with Crippen LogP contribution in [0.2, 0.25) is 13.1 Å². The van der Waals surface area contributed by atoms with Crippen molar-refractivity contribution in [3.05, 3.63) is 0 Å². The van der Waals surface area contributed by atoms with Gasteiger partial charge in [-0.05, 0) is 38.8 Å². The van der Waals surface area contributed by atoms with Crippen LogP contribution < -0.4 is 0 Å². The third-order valence-corrected chi connectivity index (χ3v) is 5.07. The Morgan fingerprint density at radius 2 is 1.53 bits per heavy atom. The largest absolute Gasteiger partial charge is 0.395 e. The first-order chi connectivity index (χ1) is 6.83. The van der Waals surface area contributed by atoms with Crippen LogP contribution in [0.4, 0.5) is 0 Å². The normalized spacial score (nSPS) is 13.6. The molecule has 0 saturated carbocycles. The fourth-order valence-electron chi connectivity index (χ4n) is 2.20. The van der Waals surface area contributed by atoms with Crippen molar-refractivity contribution < 1.29 is 8.85 Å². The molecule has 0 atom stereocenters. The quantitative estimate of drug-likeness (QED) is 0.619. The topological polar surface area (TPSA) is 18.5 Å². The van der Waals surface area contributed by atoms with Gasteiger partial charge < -0.3 is 8.85 Å². The Labute approximate surface area is 96.6 Å². The van der Waals surface area contributed by atoms with Gasteiger partial charge in [0, 0.05) is 6.61 Å². The van der Waals surface area contributed by atoms with Crippen LogP contribution in [0, 0.1) is 5.92 Å². The van der Waals surface area contributed by atoms with Crippen molar-refractivity contribution in [2.75, 3.05) is 6.61 Å². The zero-order chi connectivity index (χ0) is 12.1. The lowest BCUT2D eigenvalue weighted by Crippen LogP contribution is -2.49. The standard InChI is InChI=1S/C12H28O2Si/c1-8-12(9-2,11(4)5)14-15(6,7)13-10-3/h11H,8-10H2,1-7H3. The van der Waals surface area contributed by atoms with Crippen molar-refractivity contribution in [1.82, 2.24) is 0 Å². The molecule has 0 aromatic rings. The smallest absolute Gasteiger partial charge is 0.332 e. The second-order valence-electron chi connectivity index (χ2n) is 4.86.